The van der Waals surface area contributed by atoms with Crippen molar-refractivity contribution in [2.24, 2.45) is 0 Å². The summed E-state index contributed by atoms with van der Waals surface area (Å²) in [6, 6.07) is 106. The third-order valence-electron chi connectivity index (χ3n) is 17.8. The van der Waals surface area contributed by atoms with E-state index in [0.717, 1.165) is 84.0 Å². The predicted molar refractivity (Wildman–Crippen MR) is 371 cm³/mol. The fraction of sp³-hybridized carbons (Fsp3) is 0.0247. The number of anilines is 6. The Morgan fingerprint density at radius 2 is 0.689 bits per heavy atom. The number of hydrogen-bond acceptors (Lipinski definition) is 7. The van der Waals surface area contributed by atoms with Gasteiger partial charge in [-0.25, -0.2) is 24.9 Å². The number of aromatic nitrogens is 6. The van der Waals surface area contributed by atoms with E-state index in [9.17, 15) is 0 Å². The Bertz CT molecular complexity index is 5150. The first-order valence-corrected chi connectivity index (χ1v) is 30.6. The van der Waals surface area contributed by atoms with Gasteiger partial charge in [0.25, 0.3) is 6.71 Å². The molecule has 2 aliphatic heterocycles. The minimum Gasteiger partial charge on any atom is -0.311 e. The van der Waals surface area contributed by atoms with Crippen LogP contribution in [0.4, 0.5) is 34.1 Å². The van der Waals surface area contributed by atoms with Crippen molar-refractivity contribution in [1.82, 2.24) is 29.5 Å². The van der Waals surface area contributed by atoms with Crippen molar-refractivity contribution in [3.8, 4) is 84.9 Å². The van der Waals surface area contributed by atoms with Crippen molar-refractivity contribution < 1.29 is 0 Å². The van der Waals surface area contributed by atoms with Crippen LogP contribution in [0.25, 0.3) is 107 Å². The molecule has 422 valence electrons. The van der Waals surface area contributed by atoms with Crippen LogP contribution in [-0.4, -0.2) is 36.2 Å². The van der Waals surface area contributed by atoms with E-state index in [4.69, 9.17) is 24.9 Å². The zero-order valence-corrected chi connectivity index (χ0v) is 49.4. The molecule has 0 fully saturated rings. The molecule has 0 N–H and O–H groups in total. The molecule has 0 spiro atoms. The van der Waals surface area contributed by atoms with Gasteiger partial charge in [-0.1, -0.05) is 211 Å². The molecule has 0 saturated heterocycles. The summed E-state index contributed by atoms with van der Waals surface area (Å²) in [5.74, 6) is 2.35. The summed E-state index contributed by atoms with van der Waals surface area (Å²) in [5.41, 5.74) is 25.6. The van der Waals surface area contributed by atoms with Gasteiger partial charge in [0, 0.05) is 78.3 Å². The standard InChI is InChI=1S/C81H55BN8/c1-52-34-45-70-63(48-52)64-49-53(2)35-46-71(64)90(70)72-47-42-60(81-86-79(57-22-9-4-10-23-57)85-80(87-81)58-24-11-5-12-25-58)50-65(72)69-51-68(56-20-7-3-8-21-56)83-78(84-69)59-38-36-54(37-39-59)55-40-43-62(44-41-55)89-74-31-18-16-29-67(74)82-66-28-15-17-30-73(66)88(61-26-13-6-14-27-61)75-32-19-33-76(89)77(75)82/h3-51H,1-2H3. The van der Waals surface area contributed by atoms with E-state index in [2.05, 4.69) is 259 Å². The van der Waals surface area contributed by atoms with Crippen molar-refractivity contribution in [3.05, 3.63) is 308 Å². The van der Waals surface area contributed by atoms with E-state index in [0.29, 0.717) is 23.3 Å². The molecule has 0 aliphatic carbocycles. The van der Waals surface area contributed by atoms with E-state index in [1.807, 2.05) is 66.7 Å². The summed E-state index contributed by atoms with van der Waals surface area (Å²) in [6.07, 6.45) is 0. The van der Waals surface area contributed by atoms with E-state index >= 15 is 0 Å². The van der Waals surface area contributed by atoms with Crippen molar-refractivity contribution in [2.45, 2.75) is 13.8 Å². The molecule has 0 saturated carbocycles. The Hall–Kier alpha value is -11.8. The number of para-hydroxylation sites is 3. The van der Waals surface area contributed by atoms with Crippen molar-refractivity contribution >= 4 is 79.0 Å². The first-order valence-electron chi connectivity index (χ1n) is 30.6. The molecule has 5 heterocycles. The van der Waals surface area contributed by atoms with Crippen molar-refractivity contribution in [2.75, 3.05) is 9.80 Å². The van der Waals surface area contributed by atoms with Crippen LogP contribution >= 0.6 is 0 Å². The molecular weight excluding hydrogens is 1100 g/mol. The fourth-order valence-electron chi connectivity index (χ4n) is 13.6. The van der Waals surface area contributed by atoms with E-state index in [-0.39, 0.29) is 6.71 Å². The molecular formula is C81H55BN8. The van der Waals surface area contributed by atoms with Gasteiger partial charge in [-0.2, -0.15) is 0 Å². The number of hydrogen-bond donors (Lipinski definition) is 0. The first kappa shape index (κ1) is 52.5. The van der Waals surface area contributed by atoms with Gasteiger partial charge in [0.15, 0.2) is 23.3 Å². The second-order valence-corrected chi connectivity index (χ2v) is 23.4. The number of benzene rings is 12. The highest BCUT2D eigenvalue weighted by Crippen LogP contribution is 2.45. The minimum atomic E-state index is 0.0798. The Labute approximate surface area is 522 Å². The number of rotatable bonds is 10. The van der Waals surface area contributed by atoms with Crippen LogP contribution in [0.1, 0.15) is 11.1 Å². The van der Waals surface area contributed by atoms with Crippen molar-refractivity contribution in [1.29, 1.82) is 0 Å². The largest absolute Gasteiger partial charge is 0.311 e. The van der Waals surface area contributed by atoms with Crippen LogP contribution in [0.2, 0.25) is 0 Å². The molecule has 17 rings (SSSR count). The molecule has 0 radical (unpaired) electrons. The predicted octanol–water partition coefficient (Wildman–Crippen LogP) is 18.1. The topological polar surface area (TPSA) is 75.9 Å². The lowest BCUT2D eigenvalue weighted by Crippen LogP contribution is -2.61. The third kappa shape index (κ3) is 8.97. The average molecular weight is 1150 g/mol. The Morgan fingerprint density at radius 3 is 1.24 bits per heavy atom. The summed E-state index contributed by atoms with van der Waals surface area (Å²) in [6.45, 7) is 4.40. The highest BCUT2D eigenvalue weighted by Gasteiger charge is 2.43. The normalized spacial score (nSPS) is 12.3. The number of aryl methyl sites for hydroxylation is 2. The summed E-state index contributed by atoms with van der Waals surface area (Å²) < 4.78 is 2.39. The van der Waals surface area contributed by atoms with E-state index in [1.54, 1.807) is 0 Å². The lowest BCUT2D eigenvalue weighted by atomic mass is 9.33. The molecule has 0 amide bonds. The van der Waals surface area contributed by atoms with Crippen LogP contribution in [0.15, 0.2) is 297 Å². The number of fused-ring (bicyclic) bond motifs is 7. The molecule has 12 aromatic carbocycles. The maximum atomic E-state index is 5.60. The monoisotopic (exact) mass is 1150 g/mol. The van der Waals surface area contributed by atoms with Crippen molar-refractivity contribution in [3.63, 3.8) is 0 Å². The second-order valence-electron chi connectivity index (χ2n) is 23.4. The van der Waals surface area contributed by atoms with Gasteiger partial charge >= 0.3 is 0 Å². The van der Waals surface area contributed by atoms with Gasteiger partial charge in [0.1, 0.15) is 0 Å². The fourth-order valence-corrected chi connectivity index (χ4v) is 13.6. The summed E-state index contributed by atoms with van der Waals surface area (Å²) in [5, 5.41) is 2.38. The van der Waals surface area contributed by atoms with E-state index in [1.165, 1.54) is 61.0 Å². The highest BCUT2D eigenvalue weighted by molar-refractivity contribution is 7.00. The first-order chi connectivity index (χ1) is 44.4. The zero-order valence-electron chi connectivity index (χ0n) is 49.4. The summed E-state index contributed by atoms with van der Waals surface area (Å²) in [7, 11) is 0. The molecule has 15 aromatic rings. The average Bonchev–Trinajstić information content (AvgIpc) is 0.756. The third-order valence-corrected chi connectivity index (χ3v) is 17.8. The molecule has 3 aromatic heterocycles. The van der Waals surface area contributed by atoms with Gasteiger partial charge in [-0.05, 0) is 138 Å². The van der Waals surface area contributed by atoms with Crippen LogP contribution in [0, 0.1) is 13.8 Å². The van der Waals surface area contributed by atoms with Crippen LogP contribution in [-0.2, 0) is 0 Å². The maximum Gasteiger partial charge on any atom is 0.252 e. The molecule has 0 atom stereocenters. The summed E-state index contributed by atoms with van der Waals surface area (Å²) in [4.78, 5) is 31.3. The minimum absolute atomic E-state index is 0.0798. The lowest BCUT2D eigenvalue weighted by Gasteiger charge is -2.44. The molecule has 90 heavy (non-hydrogen) atoms. The second kappa shape index (κ2) is 21.6. The Morgan fingerprint density at radius 1 is 0.278 bits per heavy atom. The van der Waals surface area contributed by atoms with Gasteiger partial charge in [-0.3, -0.25) is 0 Å². The smallest absolute Gasteiger partial charge is 0.252 e. The Kier molecular flexibility index (Phi) is 12.6. The molecule has 2 aliphatic rings. The van der Waals surface area contributed by atoms with Crippen LogP contribution in [0.5, 0.6) is 0 Å². The van der Waals surface area contributed by atoms with E-state index < -0.39 is 0 Å². The lowest BCUT2D eigenvalue weighted by molar-refractivity contribution is 1.07. The molecule has 9 heteroatoms. The molecule has 8 nitrogen and oxygen atoms in total. The molecule has 0 bridgehead atoms. The zero-order chi connectivity index (χ0) is 59.8. The quantitative estimate of drug-likeness (QED) is 0.126. The number of nitrogens with zero attached hydrogens (tertiary/aromatic N) is 8. The summed E-state index contributed by atoms with van der Waals surface area (Å²) >= 11 is 0. The maximum absolute atomic E-state index is 5.60. The van der Waals surface area contributed by atoms with Crippen LogP contribution < -0.4 is 26.2 Å². The van der Waals surface area contributed by atoms with Gasteiger partial charge in [0.05, 0.1) is 28.1 Å². The Balaban J connectivity index is 0.786. The van der Waals surface area contributed by atoms with Gasteiger partial charge in [0.2, 0.25) is 0 Å². The highest BCUT2D eigenvalue weighted by atomic mass is 15.2. The van der Waals surface area contributed by atoms with Crippen LogP contribution in [0.3, 0.4) is 0 Å². The molecule has 0 unspecified atom stereocenters. The van der Waals surface area contributed by atoms with Gasteiger partial charge in [-0.15, -0.1) is 0 Å². The SMILES string of the molecule is Cc1ccc2c(c1)c1cc(C)ccc1n2-c1ccc(-c2nc(-c3ccccc3)nc(-c3ccccc3)n2)cc1-c1cc(-c2ccccc2)nc(-c2ccc(-c3ccc(N4c5ccccc5B5c6ccccc6N(c6ccccc6)c6cccc4c65)cc3)cc2)n1. The van der Waals surface area contributed by atoms with Gasteiger partial charge < -0.3 is 14.4 Å².